The van der Waals surface area contributed by atoms with Gasteiger partial charge in [-0.15, -0.1) is 0 Å². The Bertz CT molecular complexity index is 515. The minimum atomic E-state index is -0.966. The van der Waals surface area contributed by atoms with Crippen LogP contribution in [0.3, 0.4) is 0 Å². The van der Waals surface area contributed by atoms with Gasteiger partial charge in [-0.1, -0.05) is 0 Å². The lowest BCUT2D eigenvalue weighted by Gasteiger charge is -2.33. The number of nitrogens with zero attached hydrogens (tertiary/aromatic N) is 2. The van der Waals surface area contributed by atoms with Gasteiger partial charge in [0.1, 0.15) is 0 Å². The second-order valence-electron chi connectivity index (χ2n) is 5.14. The normalized spacial score (nSPS) is 15.2. The van der Waals surface area contributed by atoms with Gasteiger partial charge in [-0.05, 0) is 37.0 Å². The van der Waals surface area contributed by atoms with Gasteiger partial charge in [0.15, 0.2) is 5.11 Å². The minimum Gasteiger partial charge on any atom is -0.481 e. The van der Waals surface area contributed by atoms with E-state index in [-0.39, 0.29) is 0 Å². The van der Waals surface area contributed by atoms with Crippen molar-refractivity contribution >= 4 is 29.1 Å². The number of carboxylic acid groups (broad SMARTS) is 1. The second-order valence-corrected chi connectivity index (χ2v) is 5.52. The maximum atomic E-state index is 10.5. The summed E-state index contributed by atoms with van der Waals surface area (Å²) >= 11 is 5.41. The Morgan fingerprint density at radius 2 is 2.23 bits per heavy atom. The summed E-state index contributed by atoms with van der Waals surface area (Å²) in [6, 6.07) is 3.64. The van der Waals surface area contributed by atoms with Crippen molar-refractivity contribution in [1.29, 1.82) is 0 Å². The van der Waals surface area contributed by atoms with Crippen molar-refractivity contribution in [1.82, 2.24) is 15.2 Å². The number of ether oxygens (including phenoxy) is 1. The standard InChI is InChI=1S/C14H20N4O3S/c1-21-12-3-2-11(9-15-12)17-13(22)18-6-4-10(5-7-18)8-16-14(19)20/h2-3,9-10,16H,4-8H2,1H3,(H,17,22)(H,19,20). The van der Waals surface area contributed by atoms with Crippen molar-refractivity contribution in [3.63, 3.8) is 0 Å². The molecule has 1 fully saturated rings. The molecule has 1 amide bonds. The summed E-state index contributed by atoms with van der Waals surface area (Å²) in [6.07, 6.45) is 2.55. The van der Waals surface area contributed by atoms with Crippen LogP contribution in [0.1, 0.15) is 12.8 Å². The lowest BCUT2D eigenvalue weighted by molar-refractivity contribution is 0.188. The molecule has 0 unspecified atom stereocenters. The molecule has 0 saturated carbocycles. The average Bonchev–Trinajstić information content (AvgIpc) is 2.54. The van der Waals surface area contributed by atoms with Gasteiger partial charge in [0.25, 0.3) is 0 Å². The summed E-state index contributed by atoms with van der Waals surface area (Å²) in [5, 5.41) is 14.9. The van der Waals surface area contributed by atoms with Crippen LogP contribution in [-0.4, -0.2) is 52.9 Å². The van der Waals surface area contributed by atoms with Crippen LogP contribution >= 0.6 is 12.2 Å². The highest BCUT2D eigenvalue weighted by Gasteiger charge is 2.21. The van der Waals surface area contributed by atoms with E-state index in [1.54, 1.807) is 19.4 Å². The molecule has 0 radical (unpaired) electrons. The molecule has 0 bridgehead atoms. The average molecular weight is 324 g/mol. The van der Waals surface area contributed by atoms with Gasteiger partial charge in [-0.3, -0.25) is 0 Å². The quantitative estimate of drug-likeness (QED) is 0.728. The Labute approximate surface area is 134 Å². The minimum absolute atomic E-state index is 0.373. The van der Waals surface area contributed by atoms with E-state index in [4.69, 9.17) is 22.1 Å². The lowest BCUT2D eigenvalue weighted by Crippen LogP contribution is -2.43. The van der Waals surface area contributed by atoms with Crippen molar-refractivity contribution in [2.24, 2.45) is 5.92 Å². The summed E-state index contributed by atoms with van der Waals surface area (Å²) in [4.78, 5) is 16.7. The molecule has 1 aliphatic heterocycles. The van der Waals surface area contributed by atoms with Gasteiger partial charge in [0.05, 0.1) is 19.0 Å². The Hall–Kier alpha value is -2.09. The van der Waals surface area contributed by atoms with Crippen LogP contribution in [0.5, 0.6) is 5.88 Å². The molecule has 8 heteroatoms. The summed E-state index contributed by atoms with van der Waals surface area (Å²) in [5.74, 6) is 0.931. The van der Waals surface area contributed by atoms with Crippen LogP contribution in [0.4, 0.5) is 10.5 Å². The number of hydrogen-bond donors (Lipinski definition) is 3. The van der Waals surface area contributed by atoms with Crippen LogP contribution in [-0.2, 0) is 0 Å². The number of pyridine rings is 1. The van der Waals surface area contributed by atoms with Crippen molar-refractivity contribution in [3.8, 4) is 5.88 Å². The van der Waals surface area contributed by atoms with Crippen molar-refractivity contribution < 1.29 is 14.6 Å². The number of thiocarbonyl (C=S) groups is 1. The number of hydrogen-bond acceptors (Lipinski definition) is 4. The highest BCUT2D eigenvalue weighted by molar-refractivity contribution is 7.80. The van der Waals surface area contributed by atoms with Crippen molar-refractivity contribution in [3.05, 3.63) is 18.3 Å². The first kappa shape index (κ1) is 16.3. The first-order valence-electron chi connectivity index (χ1n) is 7.11. The van der Waals surface area contributed by atoms with E-state index in [2.05, 4.69) is 20.5 Å². The molecule has 120 valence electrons. The first-order chi connectivity index (χ1) is 10.6. The smallest absolute Gasteiger partial charge is 0.404 e. The zero-order valence-corrected chi connectivity index (χ0v) is 13.2. The van der Waals surface area contributed by atoms with Crippen LogP contribution in [0.25, 0.3) is 0 Å². The van der Waals surface area contributed by atoms with E-state index in [0.29, 0.717) is 23.5 Å². The third kappa shape index (κ3) is 4.73. The molecule has 2 heterocycles. The molecular weight excluding hydrogens is 304 g/mol. The molecule has 0 atom stereocenters. The van der Waals surface area contributed by atoms with Gasteiger partial charge < -0.3 is 25.4 Å². The van der Waals surface area contributed by atoms with Gasteiger partial charge in [-0.25, -0.2) is 9.78 Å². The summed E-state index contributed by atoms with van der Waals surface area (Å²) in [7, 11) is 1.57. The molecule has 1 aromatic heterocycles. The molecule has 2 rings (SSSR count). The van der Waals surface area contributed by atoms with E-state index in [0.717, 1.165) is 31.6 Å². The summed E-state index contributed by atoms with van der Waals surface area (Å²) in [5.41, 5.74) is 0.820. The number of amides is 1. The number of methoxy groups -OCH3 is 1. The summed E-state index contributed by atoms with van der Waals surface area (Å²) < 4.78 is 5.01. The zero-order valence-electron chi connectivity index (χ0n) is 12.4. The fourth-order valence-corrected chi connectivity index (χ4v) is 2.65. The second kappa shape index (κ2) is 7.79. The highest BCUT2D eigenvalue weighted by atomic mass is 32.1. The van der Waals surface area contributed by atoms with Crippen LogP contribution in [0.2, 0.25) is 0 Å². The van der Waals surface area contributed by atoms with Crippen LogP contribution < -0.4 is 15.4 Å². The topological polar surface area (TPSA) is 86.7 Å². The molecule has 1 saturated heterocycles. The van der Waals surface area contributed by atoms with E-state index in [9.17, 15) is 4.79 Å². The largest absolute Gasteiger partial charge is 0.481 e. The number of rotatable bonds is 4. The van der Waals surface area contributed by atoms with Gasteiger partial charge in [-0.2, -0.15) is 0 Å². The number of likely N-dealkylation sites (tertiary alicyclic amines) is 1. The van der Waals surface area contributed by atoms with E-state index < -0.39 is 6.09 Å². The van der Waals surface area contributed by atoms with Gasteiger partial charge >= 0.3 is 6.09 Å². The van der Waals surface area contributed by atoms with E-state index in [1.807, 2.05) is 6.07 Å². The molecule has 3 N–H and O–H groups in total. The fourth-order valence-electron chi connectivity index (χ4n) is 2.35. The van der Waals surface area contributed by atoms with Gasteiger partial charge in [0, 0.05) is 25.7 Å². The molecule has 0 spiro atoms. The predicted octanol–water partition coefficient (Wildman–Crippen LogP) is 1.77. The first-order valence-corrected chi connectivity index (χ1v) is 7.52. The number of nitrogens with one attached hydrogen (secondary N) is 2. The fraction of sp³-hybridized carbons (Fsp3) is 0.500. The zero-order chi connectivity index (χ0) is 15.9. The summed E-state index contributed by atoms with van der Waals surface area (Å²) in [6.45, 7) is 2.15. The third-order valence-corrected chi connectivity index (χ3v) is 4.00. The van der Waals surface area contributed by atoms with E-state index >= 15 is 0 Å². The van der Waals surface area contributed by atoms with Gasteiger partial charge in [0.2, 0.25) is 5.88 Å². The molecule has 7 nitrogen and oxygen atoms in total. The van der Waals surface area contributed by atoms with E-state index in [1.165, 1.54) is 0 Å². The van der Waals surface area contributed by atoms with Crippen LogP contribution in [0, 0.1) is 5.92 Å². The van der Waals surface area contributed by atoms with Crippen molar-refractivity contribution in [2.45, 2.75) is 12.8 Å². The number of carbonyl (C=O) groups is 1. The predicted molar refractivity (Wildman–Crippen MR) is 87.3 cm³/mol. The SMILES string of the molecule is COc1ccc(NC(=S)N2CCC(CNC(=O)O)CC2)cn1. The molecule has 0 aliphatic carbocycles. The Balaban J connectivity index is 1.78. The maximum absolute atomic E-state index is 10.5. The molecule has 22 heavy (non-hydrogen) atoms. The maximum Gasteiger partial charge on any atom is 0.404 e. The lowest BCUT2D eigenvalue weighted by atomic mass is 9.97. The molecule has 0 aromatic carbocycles. The number of aromatic nitrogens is 1. The Morgan fingerprint density at radius 1 is 1.50 bits per heavy atom. The Morgan fingerprint density at radius 3 is 2.77 bits per heavy atom. The molecule has 1 aliphatic rings. The van der Waals surface area contributed by atoms with Crippen LogP contribution in [0.15, 0.2) is 18.3 Å². The molecule has 1 aromatic rings. The monoisotopic (exact) mass is 324 g/mol. The molecular formula is C14H20N4O3S. The number of anilines is 1. The highest BCUT2D eigenvalue weighted by Crippen LogP contribution is 2.18. The number of piperidine rings is 1. The Kier molecular flexibility index (Phi) is 5.76. The van der Waals surface area contributed by atoms with Crippen molar-refractivity contribution in [2.75, 3.05) is 32.1 Å². The third-order valence-electron chi connectivity index (χ3n) is 3.64.